The third kappa shape index (κ3) is 5.40. The minimum atomic E-state index is 0.199. The van der Waals surface area contributed by atoms with E-state index in [2.05, 4.69) is 228 Å². The Morgan fingerprint density at radius 3 is 1.47 bits per heavy atom. The first kappa shape index (κ1) is 33.4. The SMILES string of the molecule is c1cc(-c2cccc(C3c4ccccc4-c4ccccc43)c2)cc(-c2nc3ccccc3n2-c2cccc(-c3cccc(-n4c5ccccc5c5ccccc54)c3)c2)c1. The van der Waals surface area contributed by atoms with Crippen LogP contribution in [0.15, 0.2) is 218 Å². The summed E-state index contributed by atoms with van der Waals surface area (Å²) in [5.74, 6) is 1.11. The van der Waals surface area contributed by atoms with Crippen molar-refractivity contribution in [1.82, 2.24) is 14.1 Å². The minimum absolute atomic E-state index is 0.199. The third-order valence-electron chi connectivity index (χ3n) is 12.2. The Morgan fingerprint density at radius 1 is 0.339 bits per heavy atom. The van der Waals surface area contributed by atoms with Crippen LogP contribution in [0.3, 0.4) is 0 Å². The average Bonchev–Trinajstić information content (AvgIpc) is 3.98. The topological polar surface area (TPSA) is 22.8 Å². The van der Waals surface area contributed by atoms with Gasteiger partial charge in [-0.2, -0.15) is 0 Å². The van der Waals surface area contributed by atoms with Crippen molar-refractivity contribution in [3.8, 4) is 56.1 Å². The Bertz CT molecular complexity index is 3320. The molecule has 0 saturated heterocycles. The van der Waals surface area contributed by atoms with E-state index in [0.717, 1.165) is 50.5 Å². The molecule has 9 aromatic carbocycles. The molecule has 3 nitrogen and oxygen atoms in total. The molecule has 0 atom stereocenters. The van der Waals surface area contributed by atoms with Gasteiger partial charge in [0.15, 0.2) is 0 Å². The lowest BCUT2D eigenvalue weighted by atomic mass is 9.87. The monoisotopic (exact) mass is 751 g/mol. The summed E-state index contributed by atoms with van der Waals surface area (Å²) in [6, 6.07) is 79.3. The molecule has 0 bridgehead atoms. The highest BCUT2D eigenvalue weighted by atomic mass is 15.1. The van der Waals surface area contributed by atoms with Crippen LogP contribution in [-0.4, -0.2) is 14.1 Å². The predicted octanol–water partition coefficient (Wildman–Crippen LogP) is 14.3. The molecule has 0 saturated carbocycles. The van der Waals surface area contributed by atoms with Crippen LogP contribution in [0.25, 0.3) is 89.0 Å². The fourth-order valence-corrected chi connectivity index (χ4v) is 9.58. The van der Waals surface area contributed by atoms with E-state index in [4.69, 9.17) is 4.98 Å². The molecule has 11 aromatic rings. The van der Waals surface area contributed by atoms with Crippen molar-refractivity contribution in [2.24, 2.45) is 0 Å². The summed E-state index contributed by atoms with van der Waals surface area (Å²) in [6.45, 7) is 0. The molecule has 0 amide bonds. The van der Waals surface area contributed by atoms with Crippen molar-refractivity contribution < 1.29 is 0 Å². The summed E-state index contributed by atoms with van der Waals surface area (Å²) in [5, 5.41) is 2.52. The van der Waals surface area contributed by atoms with Crippen LogP contribution in [0.1, 0.15) is 22.6 Å². The lowest BCUT2D eigenvalue weighted by Crippen LogP contribution is -2.00. The highest BCUT2D eigenvalue weighted by molar-refractivity contribution is 6.09. The third-order valence-corrected chi connectivity index (χ3v) is 12.2. The number of hydrogen-bond acceptors (Lipinski definition) is 1. The molecule has 2 heterocycles. The van der Waals surface area contributed by atoms with Crippen molar-refractivity contribution in [3.63, 3.8) is 0 Å². The van der Waals surface area contributed by atoms with Gasteiger partial charge in [0.05, 0.1) is 22.1 Å². The van der Waals surface area contributed by atoms with Gasteiger partial charge >= 0.3 is 0 Å². The van der Waals surface area contributed by atoms with Crippen LogP contribution >= 0.6 is 0 Å². The molecule has 12 rings (SSSR count). The van der Waals surface area contributed by atoms with Crippen LogP contribution in [0.5, 0.6) is 0 Å². The number of fused-ring (bicyclic) bond motifs is 7. The van der Waals surface area contributed by atoms with Crippen LogP contribution in [0.2, 0.25) is 0 Å². The maximum absolute atomic E-state index is 5.29. The maximum atomic E-state index is 5.29. The smallest absolute Gasteiger partial charge is 0.145 e. The maximum Gasteiger partial charge on any atom is 0.145 e. The second-order valence-corrected chi connectivity index (χ2v) is 15.5. The Balaban J connectivity index is 0.946. The van der Waals surface area contributed by atoms with E-state index in [1.54, 1.807) is 0 Å². The molecule has 59 heavy (non-hydrogen) atoms. The lowest BCUT2D eigenvalue weighted by Gasteiger charge is -2.16. The fraction of sp³-hybridized carbons (Fsp3) is 0.0179. The number of nitrogens with zero attached hydrogens (tertiary/aromatic N) is 3. The van der Waals surface area contributed by atoms with Gasteiger partial charge in [-0.15, -0.1) is 0 Å². The summed E-state index contributed by atoms with van der Waals surface area (Å²) < 4.78 is 4.70. The molecule has 1 aliphatic carbocycles. The van der Waals surface area contributed by atoms with Gasteiger partial charge in [0.2, 0.25) is 0 Å². The van der Waals surface area contributed by atoms with Gasteiger partial charge in [-0.1, -0.05) is 164 Å². The zero-order valence-corrected chi connectivity index (χ0v) is 32.2. The molecule has 276 valence electrons. The van der Waals surface area contributed by atoms with Crippen molar-refractivity contribution in [2.45, 2.75) is 5.92 Å². The van der Waals surface area contributed by atoms with Crippen molar-refractivity contribution >= 4 is 32.8 Å². The molecule has 0 fully saturated rings. The fourth-order valence-electron chi connectivity index (χ4n) is 9.58. The number of imidazole rings is 1. The molecule has 0 unspecified atom stereocenters. The lowest BCUT2D eigenvalue weighted by molar-refractivity contribution is 1.02. The molecule has 0 N–H and O–H groups in total. The first-order valence-corrected chi connectivity index (χ1v) is 20.3. The van der Waals surface area contributed by atoms with Crippen molar-refractivity contribution in [2.75, 3.05) is 0 Å². The molecule has 3 heteroatoms. The molecular formula is C56H37N3. The summed E-state index contributed by atoms with van der Waals surface area (Å²) >= 11 is 0. The Labute approximate surface area is 342 Å². The van der Waals surface area contributed by atoms with Gasteiger partial charge in [-0.3, -0.25) is 4.57 Å². The second-order valence-electron chi connectivity index (χ2n) is 15.5. The van der Waals surface area contributed by atoms with Gasteiger partial charge in [-0.25, -0.2) is 4.98 Å². The van der Waals surface area contributed by atoms with E-state index in [0.29, 0.717) is 0 Å². The second kappa shape index (κ2) is 13.4. The van der Waals surface area contributed by atoms with Gasteiger partial charge in [0.25, 0.3) is 0 Å². The Morgan fingerprint density at radius 2 is 0.814 bits per heavy atom. The highest BCUT2D eigenvalue weighted by Crippen LogP contribution is 2.48. The van der Waals surface area contributed by atoms with Gasteiger partial charge in [0.1, 0.15) is 5.82 Å². The Hall–Kier alpha value is -7.75. The van der Waals surface area contributed by atoms with E-state index < -0.39 is 0 Å². The number of rotatable bonds is 6. The molecule has 0 spiro atoms. The van der Waals surface area contributed by atoms with Gasteiger partial charge < -0.3 is 4.57 Å². The normalized spacial score (nSPS) is 12.3. The van der Waals surface area contributed by atoms with E-state index in [1.165, 1.54) is 55.2 Å². The summed E-state index contributed by atoms with van der Waals surface area (Å²) in [7, 11) is 0. The van der Waals surface area contributed by atoms with Gasteiger partial charge in [-0.05, 0) is 105 Å². The quantitative estimate of drug-likeness (QED) is 0.166. The van der Waals surface area contributed by atoms with E-state index >= 15 is 0 Å². The standard InChI is InChI=1S/C56H37N3/c1-3-27-49-45(23-1)46-24-2-4-28-50(46)55(49)41-19-11-15-37(33-41)38-16-12-20-42(34-38)56-57-51-29-7-10-32-54(51)59(56)44-22-14-18-40(36-44)39-17-13-21-43(35-39)58-52-30-8-5-25-47(52)48-26-6-9-31-53(48)58/h1-36,55H. The summed E-state index contributed by atoms with van der Waals surface area (Å²) in [6.07, 6.45) is 0. The average molecular weight is 752 g/mol. The van der Waals surface area contributed by atoms with Crippen LogP contribution in [0, 0.1) is 0 Å². The molecule has 0 radical (unpaired) electrons. The number of hydrogen-bond donors (Lipinski definition) is 0. The van der Waals surface area contributed by atoms with Crippen LogP contribution < -0.4 is 0 Å². The van der Waals surface area contributed by atoms with Crippen molar-refractivity contribution in [3.05, 3.63) is 235 Å². The van der Waals surface area contributed by atoms with Crippen molar-refractivity contribution in [1.29, 1.82) is 0 Å². The first-order valence-electron chi connectivity index (χ1n) is 20.3. The molecular weight excluding hydrogens is 715 g/mol. The number of benzene rings is 9. The largest absolute Gasteiger partial charge is 0.309 e. The van der Waals surface area contributed by atoms with E-state index in [1.807, 2.05) is 0 Å². The Kier molecular flexibility index (Phi) is 7.60. The zero-order chi connectivity index (χ0) is 38.9. The van der Waals surface area contributed by atoms with Crippen LogP contribution in [0.4, 0.5) is 0 Å². The summed E-state index contributed by atoms with van der Waals surface area (Å²) in [5.41, 5.74) is 19.1. The molecule has 0 aliphatic heterocycles. The predicted molar refractivity (Wildman–Crippen MR) is 245 cm³/mol. The number of para-hydroxylation sites is 4. The number of aromatic nitrogens is 3. The molecule has 1 aliphatic rings. The minimum Gasteiger partial charge on any atom is -0.309 e. The van der Waals surface area contributed by atoms with Crippen LogP contribution in [-0.2, 0) is 0 Å². The van der Waals surface area contributed by atoms with E-state index in [9.17, 15) is 0 Å². The molecule has 2 aromatic heterocycles. The van der Waals surface area contributed by atoms with E-state index in [-0.39, 0.29) is 5.92 Å². The zero-order valence-electron chi connectivity index (χ0n) is 32.2. The first-order chi connectivity index (χ1) is 29.3. The highest BCUT2D eigenvalue weighted by Gasteiger charge is 2.29. The van der Waals surface area contributed by atoms with Gasteiger partial charge in [0, 0.05) is 33.6 Å². The summed E-state index contributed by atoms with van der Waals surface area (Å²) in [4.78, 5) is 5.29.